The van der Waals surface area contributed by atoms with Crippen LogP contribution in [0.4, 0.5) is 0 Å². The van der Waals surface area contributed by atoms with Crippen molar-refractivity contribution in [2.75, 3.05) is 0 Å². The van der Waals surface area contributed by atoms with Crippen molar-refractivity contribution in [3.05, 3.63) is 28.8 Å². The van der Waals surface area contributed by atoms with Crippen LogP contribution < -0.4 is 0 Å². The molecule has 0 unspecified atom stereocenters. The van der Waals surface area contributed by atoms with Crippen LogP contribution in [0.2, 0.25) is 0 Å². The van der Waals surface area contributed by atoms with Crippen molar-refractivity contribution >= 4 is 7.60 Å². The Kier molecular flexibility index (Phi) is 35.5. The van der Waals surface area contributed by atoms with E-state index in [1.54, 1.807) is 0 Å². The highest BCUT2D eigenvalue weighted by molar-refractivity contribution is 7.53. The summed E-state index contributed by atoms with van der Waals surface area (Å²) in [5.41, 5.74) is 1.60. The quantitative estimate of drug-likeness (QED) is 0.0450. The third kappa shape index (κ3) is 28.5. The van der Waals surface area contributed by atoms with Crippen molar-refractivity contribution in [1.29, 1.82) is 0 Å². The molecule has 0 bridgehead atoms. The van der Waals surface area contributed by atoms with Crippen LogP contribution in [0.3, 0.4) is 0 Å². The van der Waals surface area contributed by atoms with Crippen LogP contribution in [0.15, 0.2) is 12.1 Å². The Morgan fingerprint density at radius 2 is 0.547 bits per heavy atom. The zero-order valence-corrected chi connectivity index (χ0v) is 45.4. The molecule has 1 aromatic rings. The number of rotatable bonds is 44. The minimum atomic E-state index is -4.56. The number of aromatic hydroxyl groups is 1. The molecule has 0 aromatic heterocycles. The molecule has 3 N–H and O–H groups in total. The third-order valence-corrected chi connectivity index (χ3v) is 16.5. The van der Waals surface area contributed by atoms with E-state index in [9.17, 15) is 19.5 Å². The lowest BCUT2D eigenvalue weighted by Gasteiger charge is -2.38. The fourth-order valence-corrected chi connectivity index (χ4v) is 11.6. The first-order valence-electron chi connectivity index (χ1n) is 28.6. The van der Waals surface area contributed by atoms with E-state index >= 15 is 0 Å². The summed E-state index contributed by atoms with van der Waals surface area (Å²) in [5, 5.41) is 10.3. The van der Waals surface area contributed by atoms with Crippen LogP contribution >= 0.6 is 7.60 Å². The maximum Gasteiger partial charge on any atom is 0.335 e. The molecular formula is C59H113O4P. The molecule has 0 amide bonds. The first-order valence-corrected chi connectivity index (χ1v) is 30.2. The normalized spacial score (nSPS) is 12.8. The molecule has 0 saturated carbocycles. The Balaban J connectivity index is 2.59. The predicted octanol–water partition coefficient (Wildman–Crippen LogP) is 20.8. The van der Waals surface area contributed by atoms with Crippen molar-refractivity contribution in [2.45, 2.75) is 341 Å². The van der Waals surface area contributed by atoms with Crippen LogP contribution in [-0.2, 0) is 20.6 Å². The molecule has 64 heavy (non-hydrogen) atoms. The molecule has 378 valence electrons. The highest BCUT2D eigenvalue weighted by Crippen LogP contribution is 2.63. The topological polar surface area (TPSA) is 77.8 Å². The monoisotopic (exact) mass is 917 g/mol. The van der Waals surface area contributed by atoms with Crippen LogP contribution in [0.5, 0.6) is 5.75 Å². The molecule has 1 aromatic carbocycles. The SMILES string of the molecule is CCCCCCCCCCCCCCCCCCCCCCC(CCCCCCCCCCCCCCCCCCCCCC)(c1cc(C(C)(C)C)c(O)c(C(C)(C)C)c1)P(=O)(O)O. The van der Waals surface area contributed by atoms with Crippen molar-refractivity contribution in [3.8, 4) is 5.75 Å². The number of phenolic OH excluding ortho intramolecular Hbond substituents is 1. The number of hydrogen-bond donors (Lipinski definition) is 3. The van der Waals surface area contributed by atoms with Crippen molar-refractivity contribution in [1.82, 2.24) is 0 Å². The van der Waals surface area contributed by atoms with E-state index in [-0.39, 0.29) is 16.6 Å². The second kappa shape index (κ2) is 37.1. The van der Waals surface area contributed by atoms with Gasteiger partial charge in [-0.05, 0) is 40.4 Å². The molecule has 0 atom stereocenters. The van der Waals surface area contributed by atoms with Gasteiger partial charge < -0.3 is 14.9 Å². The molecule has 0 aliphatic rings. The average Bonchev–Trinajstić information content (AvgIpc) is 3.23. The highest BCUT2D eigenvalue weighted by atomic mass is 31.2. The van der Waals surface area contributed by atoms with Crippen molar-refractivity contribution in [2.24, 2.45) is 0 Å². The first-order chi connectivity index (χ1) is 30.6. The number of hydrogen-bond acceptors (Lipinski definition) is 2. The summed E-state index contributed by atoms with van der Waals surface area (Å²) in [5.74, 6) is 0.279. The number of benzene rings is 1. The molecule has 0 fully saturated rings. The maximum atomic E-state index is 14.0. The van der Waals surface area contributed by atoms with E-state index in [0.717, 1.165) is 55.2 Å². The van der Waals surface area contributed by atoms with Gasteiger partial charge in [0, 0.05) is 0 Å². The van der Waals surface area contributed by atoms with Gasteiger partial charge in [-0.2, -0.15) is 0 Å². The molecule has 5 heteroatoms. The van der Waals surface area contributed by atoms with E-state index in [4.69, 9.17) is 0 Å². The van der Waals surface area contributed by atoms with Crippen LogP contribution in [0, 0.1) is 0 Å². The number of phenols is 1. The summed E-state index contributed by atoms with van der Waals surface area (Å²) in [4.78, 5) is 22.8. The molecule has 0 saturated heterocycles. The zero-order valence-electron chi connectivity index (χ0n) is 44.6. The second-order valence-corrected chi connectivity index (χ2v) is 24.9. The lowest BCUT2D eigenvalue weighted by Crippen LogP contribution is -2.29. The second-order valence-electron chi connectivity index (χ2n) is 22.9. The van der Waals surface area contributed by atoms with Gasteiger partial charge in [0.05, 0.1) is 5.16 Å². The summed E-state index contributed by atoms with van der Waals surface area (Å²) in [6.07, 6.45) is 53.7. The van der Waals surface area contributed by atoms with Gasteiger partial charge in [0.25, 0.3) is 0 Å². The summed E-state index contributed by atoms with van der Waals surface area (Å²) < 4.78 is 14.0. The molecule has 1 rings (SSSR count). The summed E-state index contributed by atoms with van der Waals surface area (Å²) in [6.45, 7) is 17.1. The van der Waals surface area contributed by atoms with Gasteiger partial charge in [-0.3, -0.25) is 4.57 Å². The first kappa shape index (κ1) is 61.2. The van der Waals surface area contributed by atoms with Gasteiger partial charge >= 0.3 is 7.60 Å². The van der Waals surface area contributed by atoms with Gasteiger partial charge in [-0.1, -0.05) is 324 Å². The molecular weight excluding hydrogens is 804 g/mol. The predicted molar refractivity (Wildman–Crippen MR) is 284 cm³/mol. The molecule has 0 aliphatic carbocycles. The maximum absolute atomic E-state index is 14.0. The third-order valence-electron chi connectivity index (χ3n) is 14.7. The average molecular weight is 918 g/mol. The largest absolute Gasteiger partial charge is 0.507 e. The molecule has 0 aliphatic heterocycles. The van der Waals surface area contributed by atoms with Gasteiger partial charge in [-0.15, -0.1) is 0 Å². The Bertz CT molecular complexity index is 1190. The Labute approximate surface area is 401 Å². The van der Waals surface area contributed by atoms with Gasteiger partial charge in [0.1, 0.15) is 5.75 Å². The standard InChI is InChI=1S/C59H113O4P/c1-9-11-13-15-17-19-21-23-25-27-29-31-33-35-37-39-41-43-45-47-49-59(64(61,62)63,53-51-54(57(3,4)5)56(60)55(52-53)58(6,7)8)50-48-46-44-42-40-38-36-34-32-30-28-26-24-22-20-18-16-14-12-10-2/h51-52,60H,9-50H2,1-8H3,(H2,61,62,63). The minimum Gasteiger partial charge on any atom is -0.507 e. The lowest BCUT2D eigenvalue weighted by molar-refractivity contribution is 0.296. The van der Waals surface area contributed by atoms with Gasteiger partial charge in [-0.25, -0.2) is 0 Å². The minimum absolute atomic E-state index is 0.279. The fourth-order valence-electron chi connectivity index (χ4n) is 10.3. The van der Waals surface area contributed by atoms with Crippen LogP contribution in [0.1, 0.15) is 342 Å². The molecule has 0 heterocycles. The van der Waals surface area contributed by atoms with Crippen LogP contribution in [0.25, 0.3) is 0 Å². The van der Waals surface area contributed by atoms with Gasteiger partial charge in [0.15, 0.2) is 0 Å². The summed E-state index contributed by atoms with van der Waals surface area (Å²) in [6, 6.07) is 3.94. The van der Waals surface area contributed by atoms with E-state index in [1.807, 2.05) is 12.1 Å². The van der Waals surface area contributed by atoms with E-state index in [0.29, 0.717) is 12.8 Å². The Morgan fingerprint density at radius 1 is 0.359 bits per heavy atom. The van der Waals surface area contributed by atoms with E-state index in [2.05, 4.69) is 55.4 Å². The Morgan fingerprint density at radius 3 is 0.719 bits per heavy atom. The lowest BCUT2D eigenvalue weighted by atomic mass is 9.75. The summed E-state index contributed by atoms with van der Waals surface area (Å²) in [7, 11) is -4.56. The van der Waals surface area contributed by atoms with E-state index < -0.39 is 12.8 Å². The number of unbranched alkanes of at least 4 members (excludes halogenated alkanes) is 38. The fraction of sp³-hybridized carbons (Fsp3) is 0.898. The zero-order chi connectivity index (χ0) is 47.4. The smallest absolute Gasteiger partial charge is 0.335 e. The molecule has 4 nitrogen and oxygen atoms in total. The van der Waals surface area contributed by atoms with Crippen LogP contribution in [-0.4, -0.2) is 14.9 Å². The molecule has 0 radical (unpaired) electrons. The summed E-state index contributed by atoms with van der Waals surface area (Å²) >= 11 is 0. The van der Waals surface area contributed by atoms with Crippen molar-refractivity contribution < 1.29 is 19.5 Å². The molecule has 0 spiro atoms. The Hall–Kier alpha value is -0.830. The highest BCUT2D eigenvalue weighted by Gasteiger charge is 2.48. The van der Waals surface area contributed by atoms with Gasteiger partial charge in [0.2, 0.25) is 0 Å². The van der Waals surface area contributed by atoms with Crippen molar-refractivity contribution in [3.63, 3.8) is 0 Å². The van der Waals surface area contributed by atoms with E-state index in [1.165, 1.54) is 218 Å².